The van der Waals surface area contributed by atoms with Gasteiger partial charge in [0, 0.05) is 12.3 Å². The van der Waals surface area contributed by atoms with Crippen LogP contribution in [0.3, 0.4) is 0 Å². The Morgan fingerprint density at radius 2 is 1.95 bits per heavy atom. The van der Waals surface area contributed by atoms with Crippen LogP contribution in [0.5, 0.6) is 0 Å². The van der Waals surface area contributed by atoms with Gasteiger partial charge in [-0.1, -0.05) is 11.8 Å². The Kier molecular flexibility index (Phi) is 6.32. The van der Waals surface area contributed by atoms with Crippen molar-refractivity contribution in [2.75, 3.05) is 18.9 Å². The minimum absolute atomic E-state index is 0.0252. The van der Waals surface area contributed by atoms with E-state index in [4.69, 9.17) is 0 Å². The zero-order valence-corrected chi connectivity index (χ0v) is 11.6. The quantitative estimate of drug-likeness (QED) is 0.483. The fraction of sp³-hybridized carbons (Fsp3) is 0.667. The van der Waals surface area contributed by atoms with E-state index in [9.17, 15) is 31.1 Å². The minimum Gasteiger partial charge on any atom is -0.440 e. The highest BCUT2D eigenvalue weighted by Gasteiger charge is 2.30. The summed E-state index contributed by atoms with van der Waals surface area (Å²) in [6, 6.07) is 0. The smallest absolute Gasteiger partial charge is 0.422 e. The Morgan fingerprint density at radius 1 is 1.27 bits per heavy atom. The topological polar surface area (TPSA) is 69.0 Å². The summed E-state index contributed by atoms with van der Waals surface area (Å²) in [6.45, 7) is -3.09. The Hall–Kier alpha value is -1.66. The third-order valence-electron chi connectivity index (χ3n) is 1.90. The van der Waals surface area contributed by atoms with Crippen LogP contribution in [0.2, 0.25) is 0 Å². The number of hydrogen-bond acceptors (Lipinski definition) is 5. The number of alkyl halides is 6. The second-order valence-electron chi connectivity index (χ2n) is 3.82. The van der Waals surface area contributed by atoms with Gasteiger partial charge >= 0.3 is 18.4 Å². The summed E-state index contributed by atoms with van der Waals surface area (Å²) in [4.78, 5) is 10.9. The SMILES string of the molecule is O=C(NCCSc1nncn1CC(F)(F)F)OCC(F)(F)F. The molecule has 1 heterocycles. The zero-order valence-electron chi connectivity index (χ0n) is 10.7. The van der Waals surface area contributed by atoms with Gasteiger partial charge in [0.25, 0.3) is 0 Å². The number of thioether (sulfide) groups is 1. The number of carbonyl (C=O) groups is 1. The van der Waals surface area contributed by atoms with E-state index in [-0.39, 0.29) is 17.5 Å². The third-order valence-corrected chi connectivity index (χ3v) is 2.88. The van der Waals surface area contributed by atoms with Gasteiger partial charge < -0.3 is 10.1 Å². The van der Waals surface area contributed by atoms with E-state index >= 15 is 0 Å². The molecule has 1 aromatic rings. The van der Waals surface area contributed by atoms with Crippen molar-refractivity contribution in [3.63, 3.8) is 0 Å². The molecule has 0 unspecified atom stereocenters. The van der Waals surface area contributed by atoms with Crippen molar-refractivity contribution in [1.29, 1.82) is 0 Å². The molecule has 0 atom stereocenters. The molecule has 0 fully saturated rings. The normalized spacial score (nSPS) is 12.3. The monoisotopic (exact) mass is 352 g/mol. The molecule has 1 rings (SSSR count). The number of halogens is 6. The van der Waals surface area contributed by atoms with Crippen molar-refractivity contribution in [1.82, 2.24) is 20.1 Å². The molecule has 0 aliphatic heterocycles. The number of nitrogens with one attached hydrogen (secondary N) is 1. The molecule has 1 aromatic heterocycles. The fourth-order valence-corrected chi connectivity index (χ4v) is 1.92. The zero-order chi connectivity index (χ0) is 16.8. The van der Waals surface area contributed by atoms with Gasteiger partial charge in [0.1, 0.15) is 12.9 Å². The largest absolute Gasteiger partial charge is 0.440 e. The van der Waals surface area contributed by atoms with E-state index in [1.807, 2.05) is 5.32 Å². The standard InChI is InChI=1S/C9H10F6N4O2S/c10-8(11,12)3-19-5-17-18-6(19)22-2-1-16-7(20)21-4-9(13,14)15/h5H,1-4H2,(H,16,20). The van der Waals surface area contributed by atoms with Gasteiger partial charge in [-0.15, -0.1) is 10.2 Å². The molecule has 0 saturated carbocycles. The highest BCUT2D eigenvalue weighted by atomic mass is 32.2. The van der Waals surface area contributed by atoms with E-state index < -0.39 is 31.6 Å². The van der Waals surface area contributed by atoms with Gasteiger partial charge in [0.2, 0.25) is 0 Å². The Balaban J connectivity index is 2.28. The van der Waals surface area contributed by atoms with E-state index in [0.717, 1.165) is 22.7 Å². The summed E-state index contributed by atoms with van der Waals surface area (Å²) in [5, 5.41) is 8.80. The highest BCUT2D eigenvalue weighted by molar-refractivity contribution is 7.99. The first-order chi connectivity index (χ1) is 10.1. The van der Waals surface area contributed by atoms with E-state index in [1.54, 1.807) is 0 Å². The first-order valence-corrected chi connectivity index (χ1v) is 6.60. The lowest BCUT2D eigenvalue weighted by Gasteiger charge is -2.10. The van der Waals surface area contributed by atoms with Gasteiger partial charge in [0.05, 0.1) is 0 Å². The van der Waals surface area contributed by atoms with Crippen LogP contribution in [0.1, 0.15) is 0 Å². The Labute approximate surface area is 124 Å². The Morgan fingerprint density at radius 3 is 2.55 bits per heavy atom. The molecule has 0 aliphatic carbocycles. The summed E-state index contributed by atoms with van der Waals surface area (Å²) in [5.41, 5.74) is 0. The molecule has 1 amide bonds. The summed E-state index contributed by atoms with van der Waals surface area (Å²) < 4.78 is 76.6. The lowest BCUT2D eigenvalue weighted by atomic mass is 10.6. The van der Waals surface area contributed by atoms with Crippen molar-refractivity contribution in [3.05, 3.63) is 6.33 Å². The molecular formula is C9H10F6N4O2S. The Bertz CT molecular complexity index is 489. The van der Waals surface area contributed by atoms with Gasteiger partial charge in [-0.2, -0.15) is 26.3 Å². The second kappa shape index (κ2) is 7.56. The first-order valence-electron chi connectivity index (χ1n) is 5.61. The second-order valence-corrected chi connectivity index (χ2v) is 4.89. The molecule has 0 radical (unpaired) electrons. The molecule has 0 bridgehead atoms. The number of nitrogens with zero attached hydrogens (tertiary/aromatic N) is 3. The first kappa shape index (κ1) is 18.4. The summed E-state index contributed by atoms with van der Waals surface area (Å²) >= 11 is 0.857. The van der Waals surface area contributed by atoms with Crippen molar-refractivity contribution >= 4 is 17.9 Å². The number of amides is 1. The van der Waals surface area contributed by atoms with Crippen molar-refractivity contribution in [2.24, 2.45) is 0 Å². The van der Waals surface area contributed by atoms with Crippen molar-refractivity contribution in [2.45, 2.75) is 24.1 Å². The number of rotatable bonds is 6. The number of carbonyl (C=O) groups excluding carboxylic acids is 1. The number of ether oxygens (including phenoxy) is 1. The molecule has 1 N–H and O–H groups in total. The molecule has 22 heavy (non-hydrogen) atoms. The van der Waals surface area contributed by atoms with Crippen LogP contribution in [-0.4, -0.2) is 52.1 Å². The average Bonchev–Trinajstić information content (AvgIpc) is 2.76. The predicted molar refractivity (Wildman–Crippen MR) is 62.2 cm³/mol. The summed E-state index contributed by atoms with van der Waals surface area (Å²) in [6.07, 6.45) is -9.42. The van der Waals surface area contributed by atoms with E-state index in [1.165, 1.54) is 0 Å². The molecule has 13 heteroatoms. The van der Waals surface area contributed by atoms with E-state index in [0.29, 0.717) is 0 Å². The summed E-state index contributed by atoms with van der Waals surface area (Å²) in [5.74, 6) is 0.0810. The van der Waals surface area contributed by atoms with Crippen LogP contribution >= 0.6 is 11.8 Å². The number of alkyl carbamates (subject to hydrolysis) is 1. The molecule has 0 spiro atoms. The molecule has 0 aromatic carbocycles. The lowest BCUT2D eigenvalue weighted by molar-refractivity contribution is -0.160. The van der Waals surface area contributed by atoms with Crippen LogP contribution in [0, 0.1) is 0 Å². The molecule has 0 saturated heterocycles. The van der Waals surface area contributed by atoms with Gasteiger partial charge in [-0.25, -0.2) is 4.79 Å². The van der Waals surface area contributed by atoms with Crippen LogP contribution < -0.4 is 5.32 Å². The minimum atomic E-state index is -4.62. The molecular weight excluding hydrogens is 342 g/mol. The van der Waals surface area contributed by atoms with Crippen molar-refractivity contribution < 1.29 is 35.9 Å². The fourth-order valence-electron chi connectivity index (χ4n) is 1.15. The maximum Gasteiger partial charge on any atom is 0.422 e. The van der Waals surface area contributed by atoms with Gasteiger partial charge in [0.15, 0.2) is 11.8 Å². The highest BCUT2D eigenvalue weighted by Crippen LogP contribution is 2.21. The maximum atomic E-state index is 12.2. The third kappa shape index (κ3) is 7.95. The molecule has 6 nitrogen and oxygen atoms in total. The number of aromatic nitrogens is 3. The van der Waals surface area contributed by atoms with Crippen LogP contribution in [0.25, 0.3) is 0 Å². The number of hydrogen-bond donors (Lipinski definition) is 1. The van der Waals surface area contributed by atoms with Crippen LogP contribution in [0.4, 0.5) is 31.1 Å². The van der Waals surface area contributed by atoms with Crippen LogP contribution in [-0.2, 0) is 11.3 Å². The average molecular weight is 352 g/mol. The maximum absolute atomic E-state index is 12.2. The molecule has 0 aliphatic rings. The van der Waals surface area contributed by atoms with Crippen molar-refractivity contribution in [3.8, 4) is 0 Å². The van der Waals surface area contributed by atoms with E-state index in [2.05, 4.69) is 14.9 Å². The molecule has 126 valence electrons. The lowest BCUT2D eigenvalue weighted by Crippen LogP contribution is -2.30. The van der Waals surface area contributed by atoms with Gasteiger partial charge in [-0.05, 0) is 0 Å². The summed E-state index contributed by atoms with van der Waals surface area (Å²) in [7, 11) is 0. The predicted octanol–water partition coefficient (Wildman–Crippen LogP) is 2.22. The van der Waals surface area contributed by atoms with Gasteiger partial charge in [-0.3, -0.25) is 4.57 Å². The van der Waals surface area contributed by atoms with Crippen LogP contribution in [0.15, 0.2) is 11.5 Å².